The molecule has 2 aliphatic rings. The van der Waals surface area contributed by atoms with Crippen LogP contribution in [0.25, 0.3) is 0 Å². The van der Waals surface area contributed by atoms with Crippen LogP contribution in [0.4, 0.5) is 0 Å². The molecular weight excluding hydrogens is 142 g/mol. The third-order valence-corrected chi connectivity index (χ3v) is 1.87. The predicted octanol–water partition coefficient (Wildman–Crippen LogP) is -0.538. The van der Waals surface area contributed by atoms with E-state index in [1.807, 2.05) is 23.4 Å². The van der Waals surface area contributed by atoms with Gasteiger partial charge in [-0.3, -0.25) is 15.2 Å². The van der Waals surface area contributed by atoms with Crippen molar-refractivity contribution in [2.24, 2.45) is 5.73 Å². The highest BCUT2D eigenvalue weighted by Gasteiger charge is 2.26. The Labute approximate surface area is 64.3 Å². The van der Waals surface area contributed by atoms with E-state index >= 15 is 0 Å². The monoisotopic (exact) mass is 151 g/mol. The van der Waals surface area contributed by atoms with Gasteiger partial charge in [-0.25, -0.2) is 0 Å². The van der Waals surface area contributed by atoms with E-state index in [-0.39, 0.29) is 6.04 Å². The Balaban J connectivity index is 2.15. The molecule has 0 spiro atoms. The average Bonchev–Trinajstić information content (AvgIpc) is 2.40. The number of carbonyl (C=O) groups is 1. The number of hydrazine groups is 1. The van der Waals surface area contributed by atoms with E-state index in [1.54, 1.807) is 0 Å². The van der Waals surface area contributed by atoms with Gasteiger partial charge in [-0.2, -0.15) is 0 Å². The largest absolute Gasteiger partial charge is 0.364 e. The van der Waals surface area contributed by atoms with E-state index in [1.165, 1.54) is 0 Å². The highest BCUT2D eigenvalue weighted by atomic mass is 16.1. The number of primary amides is 1. The molecule has 11 heavy (non-hydrogen) atoms. The first-order valence-electron chi connectivity index (χ1n) is 3.50. The van der Waals surface area contributed by atoms with Gasteiger partial charge in [0.05, 0.1) is 6.04 Å². The van der Waals surface area contributed by atoms with Crippen molar-refractivity contribution in [2.45, 2.75) is 12.5 Å². The van der Waals surface area contributed by atoms with Crippen LogP contribution in [0, 0.1) is 0 Å². The number of hydrogen-bond acceptors (Lipinski definition) is 3. The van der Waals surface area contributed by atoms with Crippen molar-refractivity contribution in [1.82, 2.24) is 10.4 Å². The van der Waals surface area contributed by atoms with Crippen LogP contribution in [-0.2, 0) is 4.79 Å². The van der Waals surface area contributed by atoms with Crippen molar-refractivity contribution in [3.05, 3.63) is 24.0 Å². The Bertz CT molecular complexity index is 256. The standard InChI is InChI=1S/C7H9N3O/c8-7(11)6-4-5-2-1-3-10(5)9-6/h1,3-5,9H,2H2,(H2,8,11). The molecule has 2 aliphatic heterocycles. The minimum absolute atomic E-state index is 0.289. The van der Waals surface area contributed by atoms with Crippen LogP contribution in [0.2, 0.25) is 0 Å². The number of amides is 1. The highest BCUT2D eigenvalue weighted by molar-refractivity contribution is 5.91. The summed E-state index contributed by atoms with van der Waals surface area (Å²) in [6.07, 6.45) is 6.76. The summed E-state index contributed by atoms with van der Waals surface area (Å²) >= 11 is 0. The SMILES string of the molecule is NC(=O)C1=CC2CC=CN2N1. The summed E-state index contributed by atoms with van der Waals surface area (Å²) in [7, 11) is 0. The number of rotatable bonds is 1. The van der Waals surface area contributed by atoms with Crippen LogP contribution < -0.4 is 11.2 Å². The molecule has 1 atom stereocenters. The summed E-state index contributed by atoms with van der Waals surface area (Å²) in [5.41, 5.74) is 8.47. The molecule has 0 aromatic heterocycles. The molecule has 0 aliphatic carbocycles. The first kappa shape index (κ1) is 6.27. The maximum Gasteiger partial charge on any atom is 0.266 e. The van der Waals surface area contributed by atoms with Crippen LogP contribution in [0.1, 0.15) is 6.42 Å². The third-order valence-electron chi connectivity index (χ3n) is 1.87. The van der Waals surface area contributed by atoms with Gasteiger partial charge in [0, 0.05) is 6.20 Å². The van der Waals surface area contributed by atoms with Gasteiger partial charge >= 0.3 is 0 Å². The van der Waals surface area contributed by atoms with Crippen molar-refractivity contribution in [3.8, 4) is 0 Å². The van der Waals surface area contributed by atoms with Crippen molar-refractivity contribution in [3.63, 3.8) is 0 Å². The first-order valence-corrected chi connectivity index (χ1v) is 3.50. The van der Waals surface area contributed by atoms with Gasteiger partial charge in [0.15, 0.2) is 0 Å². The predicted molar refractivity (Wildman–Crippen MR) is 39.8 cm³/mol. The fourth-order valence-corrected chi connectivity index (χ4v) is 1.31. The number of carbonyl (C=O) groups excluding carboxylic acids is 1. The van der Waals surface area contributed by atoms with Crippen LogP contribution in [0.5, 0.6) is 0 Å². The van der Waals surface area contributed by atoms with E-state index in [2.05, 4.69) is 5.43 Å². The lowest BCUT2D eigenvalue weighted by atomic mass is 10.2. The lowest BCUT2D eigenvalue weighted by Gasteiger charge is -2.16. The normalized spacial score (nSPS) is 26.4. The molecule has 0 radical (unpaired) electrons. The third kappa shape index (κ3) is 0.869. The molecule has 1 unspecified atom stereocenters. The quantitative estimate of drug-likeness (QED) is 0.529. The summed E-state index contributed by atoms with van der Waals surface area (Å²) in [5.74, 6) is -0.396. The summed E-state index contributed by atoms with van der Waals surface area (Å²) in [6.45, 7) is 0. The minimum Gasteiger partial charge on any atom is -0.364 e. The molecule has 3 N–H and O–H groups in total. The second-order valence-corrected chi connectivity index (χ2v) is 2.65. The molecule has 2 rings (SSSR count). The Morgan fingerprint density at radius 3 is 3.27 bits per heavy atom. The zero-order valence-electron chi connectivity index (χ0n) is 5.95. The number of nitrogens with two attached hydrogens (primary N) is 1. The summed E-state index contributed by atoms with van der Waals surface area (Å²) in [6, 6.07) is 0.289. The zero-order valence-corrected chi connectivity index (χ0v) is 5.95. The van der Waals surface area contributed by atoms with Gasteiger partial charge in [-0.05, 0) is 12.5 Å². The lowest BCUT2D eigenvalue weighted by Crippen LogP contribution is -2.33. The Morgan fingerprint density at radius 1 is 1.82 bits per heavy atom. The molecule has 0 saturated heterocycles. The first-order chi connectivity index (χ1) is 5.27. The van der Waals surface area contributed by atoms with Crippen LogP contribution in [0.15, 0.2) is 24.0 Å². The fraction of sp³-hybridized carbons (Fsp3) is 0.286. The minimum atomic E-state index is -0.396. The van der Waals surface area contributed by atoms with Crippen LogP contribution in [0.3, 0.4) is 0 Å². The van der Waals surface area contributed by atoms with Crippen LogP contribution in [-0.4, -0.2) is 17.0 Å². The zero-order chi connectivity index (χ0) is 7.84. The molecule has 4 heteroatoms. The summed E-state index contributed by atoms with van der Waals surface area (Å²) < 4.78 is 0. The van der Waals surface area contributed by atoms with Gasteiger partial charge in [0.2, 0.25) is 0 Å². The Hall–Kier alpha value is -1.45. The molecule has 58 valence electrons. The molecule has 1 amide bonds. The maximum absolute atomic E-state index is 10.7. The summed E-state index contributed by atoms with van der Waals surface area (Å²) in [4.78, 5) is 10.7. The van der Waals surface area contributed by atoms with E-state index in [9.17, 15) is 4.79 Å². The molecular formula is C7H9N3O. The number of fused-ring (bicyclic) bond motifs is 1. The number of nitrogens with zero attached hydrogens (tertiary/aromatic N) is 1. The second-order valence-electron chi connectivity index (χ2n) is 2.65. The van der Waals surface area contributed by atoms with Gasteiger partial charge in [-0.1, -0.05) is 6.08 Å². The molecule has 4 nitrogen and oxygen atoms in total. The highest BCUT2D eigenvalue weighted by Crippen LogP contribution is 2.19. The topological polar surface area (TPSA) is 58.4 Å². The molecule has 0 aromatic rings. The fourth-order valence-electron chi connectivity index (χ4n) is 1.31. The maximum atomic E-state index is 10.7. The second kappa shape index (κ2) is 2.02. The Morgan fingerprint density at radius 2 is 2.64 bits per heavy atom. The number of hydrogen-bond donors (Lipinski definition) is 2. The van der Waals surface area contributed by atoms with Crippen molar-refractivity contribution < 1.29 is 4.79 Å². The van der Waals surface area contributed by atoms with E-state index < -0.39 is 5.91 Å². The van der Waals surface area contributed by atoms with Gasteiger partial charge in [0.25, 0.3) is 5.91 Å². The van der Waals surface area contributed by atoms with Gasteiger partial charge in [-0.15, -0.1) is 0 Å². The van der Waals surface area contributed by atoms with Crippen molar-refractivity contribution in [2.75, 3.05) is 0 Å². The smallest absolute Gasteiger partial charge is 0.266 e. The average molecular weight is 151 g/mol. The van der Waals surface area contributed by atoms with E-state index in [0.29, 0.717) is 5.70 Å². The van der Waals surface area contributed by atoms with Crippen LogP contribution >= 0.6 is 0 Å². The molecule has 2 heterocycles. The van der Waals surface area contributed by atoms with Gasteiger partial charge in [0.1, 0.15) is 5.70 Å². The summed E-state index contributed by atoms with van der Waals surface area (Å²) in [5, 5.41) is 1.88. The van der Waals surface area contributed by atoms with Crippen molar-refractivity contribution >= 4 is 5.91 Å². The van der Waals surface area contributed by atoms with E-state index in [4.69, 9.17) is 5.73 Å². The van der Waals surface area contributed by atoms with Crippen molar-refractivity contribution in [1.29, 1.82) is 0 Å². The molecule has 0 aromatic carbocycles. The lowest BCUT2D eigenvalue weighted by molar-refractivity contribution is -0.115. The number of nitrogens with one attached hydrogen (secondary N) is 1. The molecule has 0 saturated carbocycles. The van der Waals surface area contributed by atoms with Gasteiger partial charge < -0.3 is 5.73 Å². The van der Waals surface area contributed by atoms with E-state index in [0.717, 1.165) is 6.42 Å². The Kier molecular flexibility index (Phi) is 1.15. The molecule has 0 bridgehead atoms. The molecule has 0 fully saturated rings.